The third kappa shape index (κ3) is 3.15. The van der Waals surface area contributed by atoms with Gasteiger partial charge >= 0.3 is 0 Å². The van der Waals surface area contributed by atoms with Crippen molar-refractivity contribution in [3.8, 4) is 0 Å². The molecule has 1 fully saturated rings. The molecule has 1 saturated heterocycles. The summed E-state index contributed by atoms with van der Waals surface area (Å²) in [6.07, 6.45) is 6.77. The summed E-state index contributed by atoms with van der Waals surface area (Å²) in [5, 5.41) is 0. The van der Waals surface area contributed by atoms with Crippen molar-refractivity contribution in [3.05, 3.63) is 12.7 Å². The first-order valence-corrected chi connectivity index (χ1v) is 7.31. The van der Waals surface area contributed by atoms with Gasteiger partial charge in [-0.3, -0.25) is 4.79 Å². The highest BCUT2D eigenvalue weighted by Crippen LogP contribution is 2.36. The van der Waals surface area contributed by atoms with Crippen LogP contribution in [-0.2, 0) is 4.79 Å². The van der Waals surface area contributed by atoms with Crippen LogP contribution in [0.2, 0.25) is 0 Å². The van der Waals surface area contributed by atoms with Gasteiger partial charge in [0, 0.05) is 13.1 Å². The summed E-state index contributed by atoms with van der Waals surface area (Å²) in [6.45, 7) is 14.5. The number of carbonyl (C=O) groups is 1. The number of nitrogens with zero attached hydrogens (tertiary/aromatic N) is 1. The average molecular weight is 251 g/mol. The summed E-state index contributed by atoms with van der Waals surface area (Å²) >= 11 is 0. The van der Waals surface area contributed by atoms with Gasteiger partial charge in [0.15, 0.2) is 0 Å². The largest absolute Gasteiger partial charge is 0.342 e. The van der Waals surface area contributed by atoms with Crippen molar-refractivity contribution in [2.45, 2.75) is 59.8 Å². The van der Waals surface area contributed by atoms with E-state index in [0.29, 0.717) is 11.3 Å². The second-order valence-electron chi connectivity index (χ2n) is 6.44. The van der Waals surface area contributed by atoms with E-state index in [4.69, 9.17) is 0 Å². The lowest BCUT2D eigenvalue weighted by Gasteiger charge is -2.41. The molecule has 104 valence electrons. The summed E-state index contributed by atoms with van der Waals surface area (Å²) < 4.78 is 0. The maximum absolute atomic E-state index is 12.8. The van der Waals surface area contributed by atoms with Crippen molar-refractivity contribution in [2.24, 2.45) is 10.8 Å². The lowest BCUT2D eigenvalue weighted by molar-refractivity contribution is -0.144. The van der Waals surface area contributed by atoms with E-state index in [1.165, 1.54) is 0 Å². The third-order valence-corrected chi connectivity index (χ3v) is 4.75. The smallest absolute Gasteiger partial charge is 0.229 e. The molecule has 0 bridgehead atoms. The van der Waals surface area contributed by atoms with E-state index >= 15 is 0 Å². The monoisotopic (exact) mass is 251 g/mol. The zero-order valence-corrected chi connectivity index (χ0v) is 12.6. The number of piperidine rings is 1. The highest BCUT2D eigenvalue weighted by atomic mass is 16.2. The molecule has 0 radical (unpaired) electrons. The molecule has 2 heteroatoms. The molecule has 1 heterocycles. The Balaban J connectivity index is 2.76. The van der Waals surface area contributed by atoms with Gasteiger partial charge in [-0.1, -0.05) is 33.8 Å². The molecule has 0 saturated carbocycles. The first kappa shape index (κ1) is 15.3. The van der Waals surface area contributed by atoms with Crippen LogP contribution in [0.25, 0.3) is 0 Å². The molecule has 0 aromatic heterocycles. The van der Waals surface area contributed by atoms with E-state index in [1.807, 2.05) is 6.08 Å². The first-order chi connectivity index (χ1) is 8.40. The normalized spacial score (nSPS) is 19.7. The zero-order chi connectivity index (χ0) is 13.8. The van der Waals surface area contributed by atoms with Crippen LogP contribution in [0.4, 0.5) is 0 Å². The molecule has 0 atom stereocenters. The van der Waals surface area contributed by atoms with Crippen LogP contribution in [0.15, 0.2) is 12.7 Å². The lowest BCUT2D eigenvalue weighted by atomic mass is 9.76. The van der Waals surface area contributed by atoms with Gasteiger partial charge in [0.25, 0.3) is 0 Å². The second-order valence-corrected chi connectivity index (χ2v) is 6.44. The molecule has 0 N–H and O–H groups in total. The molecule has 2 nitrogen and oxygen atoms in total. The Morgan fingerprint density at radius 1 is 1.28 bits per heavy atom. The predicted molar refractivity (Wildman–Crippen MR) is 77.4 cm³/mol. The number of allylic oxidation sites excluding steroid dienone is 1. The van der Waals surface area contributed by atoms with E-state index in [1.54, 1.807) is 0 Å². The first-order valence-electron chi connectivity index (χ1n) is 7.31. The Morgan fingerprint density at radius 3 is 2.17 bits per heavy atom. The molecule has 0 aromatic rings. The standard InChI is InChI=1S/C16H29NO/c1-6-9-16(7-2,8-3)14(18)17-12-10-15(4,5)11-13-17/h6H,1,7-13H2,2-5H3. The van der Waals surface area contributed by atoms with Crippen LogP contribution in [0.5, 0.6) is 0 Å². The van der Waals surface area contributed by atoms with E-state index < -0.39 is 0 Å². The van der Waals surface area contributed by atoms with Crippen LogP contribution in [0.1, 0.15) is 59.8 Å². The number of carbonyl (C=O) groups excluding carboxylic acids is 1. The van der Waals surface area contributed by atoms with Gasteiger partial charge in [-0.25, -0.2) is 0 Å². The molecule has 0 aliphatic carbocycles. The van der Waals surface area contributed by atoms with Gasteiger partial charge in [-0.15, -0.1) is 6.58 Å². The zero-order valence-electron chi connectivity index (χ0n) is 12.6. The Labute approximate surface area is 112 Å². The average Bonchev–Trinajstić information content (AvgIpc) is 2.35. The Bertz CT molecular complexity index is 292. The molecule has 0 spiro atoms. The molecule has 0 unspecified atom stereocenters. The Morgan fingerprint density at radius 2 is 1.78 bits per heavy atom. The van der Waals surface area contributed by atoms with Crippen LogP contribution in [-0.4, -0.2) is 23.9 Å². The second kappa shape index (κ2) is 5.90. The van der Waals surface area contributed by atoms with Crippen LogP contribution < -0.4 is 0 Å². The molecular weight excluding hydrogens is 222 g/mol. The molecule has 18 heavy (non-hydrogen) atoms. The van der Waals surface area contributed by atoms with Crippen LogP contribution >= 0.6 is 0 Å². The third-order valence-electron chi connectivity index (χ3n) is 4.75. The summed E-state index contributed by atoms with van der Waals surface area (Å²) in [6, 6.07) is 0. The molecule has 1 rings (SSSR count). The number of likely N-dealkylation sites (tertiary alicyclic amines) is 1. The van der Waals surface area contributed by atoms with Gasteiger partial charge in [0.1, 0.15) is 0 Å². The van der Waals surface area contributed by atoms with Gasteiger partial charge in [0.2, 0.25) is 5.91 Å². The number of amides is 1. The maximum atomic E-state index is 12.8. The van der Waals surface area contributed by atoms with E-state index in [-0.39, 0.29) is 5.41 Å². The topological polar surface area (TPSA) is 20.3 Å². The Kier molecular flexibility index (Phi) is 5.01. The fourth-order valence-corrected chi connectivity index (χ4v) is 2.86. The summed E-state index contributed by atoms with van der Waals surface area (Å²) in [7, 11) is 0. The minimum absolute atomic E-state index is 0.205. The molecular formula is C16H29NO. The van der Waals surface area contributed by atoms with E-state index in [9.17, 15) is 4.79 Å². The highest BCUT2D eigenvalue weighted by molar-refractivity contribution is 5.83. The SMILES string of the molecule is C=CCC(CC)(CC)C(=O)N1CCC(C)(C)CC1. The number of hydrogen-bond donors (Lipinski definition) is 0. The quantitative estimate of drug-likeness (QED) is 0.676. The van der Waals surface area contributed by atoms with Crippen molar-refractivity contribution >= 4 is 5.91 Å². The van der Waals surface area contributed by atoms with Crippen molar-refractivity contribution in [2.75, 3.05) is 13.1 Å². The Hall–Kier alpha value is -0.790. The van der Waals surface area contributed by atoms with Gasteiger partial charge in [-0.05, 0) is 37.5 Å². The molecule has 1 aliphatic heterocycles. The fourth-order valence-electron chi connectivity index (χ4n) is 2.86. The molecule has 1 aliphatic rings. The number of hydrogen-bond acceptors (Lipinski definition) is 1. The number of rotatable bonds is 5. The predicted octanol–water partition coefficient (Wildman–Crippen LogP) is 4.02. The van der Waals surface area contributed by atoms with Crippen molar-refractivity contribution in [1.82, 2.24) is 4.90 Å². The van der Waals surface area contributed by atoms with Gasteiger partial charge < -0.3 is 4.90 Å². The summed E-state index contributed by atoms with van der Waals surface area (Å²) in [5.74, 6) is 0.350. The van der Waals surface area contributed by atoms with E-state index in [0.717, 1.165) is 45.2 Å². The van der Waals surface area contributed by atoms with Crippen molar-refractivity contribution in [3.63, 3.8) is 0 Å². The fraction of sp³-hybridized carbons (Fsp3) is 0.812. The van der Waals surface area contributed by atoms with Gasteiger partial charge in [0.05, 0.1) is 5.41 Å². The molecule has 1 amide bonds. The van der Waals surface area contributed by atoms with Gasteiger partial charge in [-0.2, -0.15) is 0 Å². The lowest BCUT2D eigenvalue weighted by Crippen LogP contribution is -2.48. The minimum atomic E-state index is -0.205. The van der Waals surface area contributed by atoms with Crippen molar-refractivity contribution < 1.29 is 4.79 Å². The minimum Gasteiger partial charge on any atom is -0.342 e. The van der Waals surface area contributed by atoms with Crippen LogP contribution in [0, 0.1) is 10.8 Å². The van der Waals surface area contributed by atoms with Crippen LogP contribution in [0.3, 0.4) is 0 Å². The summed E-state index contributed by atoms with van der Waals surface area (Å²) in [4.78, 5) is 14.8. The molecule has 0 aromatic carbocycles. The highest BCUT2D eigenvalue weighted by Gasteiger charge is 2.39. The van der Waals surface area contributed by atoms with Crippen molar-refractivity contribution in [1.29, 1.82) is 0 Å². The summed E-state index contributed by atoms with van der Waals surface area (Å²) in [5.41, 5.74) is 0.194. The van der Waals surface area contributed by atoms with E-state index in [2.05, 4.69) is 39.2 Å². The maximum Gasteiger partial charge on any atom is 0.229 e.